The highest BCUT2D eigenvalue weighted by molar-refractivity contribution is 6.00. The fourth-order valence-electron chi connectivity index (χ4n) is 4.63. The summed E-state index contributed by atoms with van der Waals surface area (Å²) in [6.45, 7) is 4.99. The third-order valence-electron chi connectivity index (χ3n) is 6.39. The van der Waals surface area contributed by atoms with Gasteiger partial charge in [0.2, 0.25) is 11.8 Å². The van der Waals surface area contributed by atoms with Gasteiger partial charge < -0.3 is 15.0 Å². The summed E-state index contributed by atoms with van der Waals surface area (Å²) < 4.78 is 5.59. The Morgan fingerprint density at radius 3 is 2.55 bits per heavy atom. The molecule has 0 saturated carbocycles. The third kappa shape index (κ3) is 4.74. The summed E-state index contributed by atoms with van der Waals surface area (Å²) in [5, 5.41) is 3.14. The molecule has 2 aromatic carbocycles. The molecule has 2 unspecified atom stereocenters. The molecule has 1 N–H and O–H groups in total. The molecule has 2 aliphatic rings. The molecule has 2 aliphatic heterocycles. The van der Waals surface area contributed by atoms with Gasteiger partial charge >= 0.3 is 0 Å². The summed E-state index contributed by atoms with van der Waals surface area (Å²) in [6, 6.07) is 15.9. The second-order valence-corrected chi connectivity index (χ2v) is 8.49. The van der Waals surface area contributed by atoms with Gasteiger partial charge in [0.1, 0.15) is 5.75 Å². The zero-order chi connectivity index (χ0) is 21.8. The number of aryl methyl sites for hydroxylation is 1. The number of carbonyl (C=O) groups is 2. The molecule has 0 radical (unpaired) electrons. The largest absolute Gasteiger partial charge is 0.496 e. The molecule has 2 saturated heterocycles. The molecule has 4 rings (SSSR count). The number of benzene rings is 2. The molecule has 6 heteroatoms. The Hall–Kier alpha value is -2.86. The third-order valence-corrected chi connectivity index (χ3v) is 6.39. The molecule has 0 aromatic heterocycles. The highest BCUT2D eigenvalue weighted by Crippen LogP contribution is 2.31. The summed E-state index contributed by atoms with van der Waals surface area (Å²) in [4.78, 5) is 29.7. The Labute approximate surface area is 184 Å². The molecule has 31 heavy (non-hydrogen) atoms. The van der Waals surface area contributed by atoms with Crippen LogP contribution < -0.4 is 15.0 Å². The molecule has 2 heterocycles. The summed E-state index contributed by atoms with van der Waals surface area (Å²) in [7, 11) is 1.68. The zero-order valence-electron chi connectivity index (χ0n) is 18.3. The van der Waals surface area contributed by atoms with Crippen molar-refractivity contribution in [3.8, 4) is 5.75 Å². The molecule has 0 spiro atoms. The van der Waals surface area contributed by atoms with Gasteiger partial charge in [0.25, 0.3) is 0 Å². The second kappa shape index (κ2) is 9.52. The van der Waals surface area contributed by atoms with Crippen LogP contribution in [0, 0.1) is 12.8 Å². The van der Waals surface area contributed by atoms with Crippen LogP contribution in [0.4, 0.5) is 5.69 Å². The lowest BCUT2D eigenvalue weighted by atomic mass is 10.0. The summed E-state index contributed by atoms with van der Waals surface area (Å²) in [5.41, 5.74) is 3.10. The van der Waals surface area contributed by atoms with Crippen LogP contribution in [0.3, 0.4) is 0 Å². The molecule has 164 valence electrons. The van der Waals surface area contributed by atoms with Gasteiger partial charge in [-0.2, -0.15) is 0 Å². The molecule has 2 aromatic rings. The molecule has 6 nitrogen and oxygen atoms in total. The van der Waals surface area contributed by atoms with Crippen LogP contribution in [0.5, 0.6) is 5.75 Å². The molecule has 0 bridgehead atoms. The van der Waals surface area contributed by atoms with Gasteiger partial charge in [-0.25, -0.2) is 0 Å². The van der Waals surface area contributed by atoms with Crippen LogP contribution in [0.25, 0.3) is 0 Å². The van der Waals surface area contributed by atoms with Crippen molar-refractivity contribution in [2.24, 2.45) is 5.92 Å². The number of amides is 2. The first-order chi connectivity index (χ1) is 15.1. The summed E-state index contributed by atoms with van der Waals surface area (Å²) in [6.07, 6.45) is 2.59. The number of nitrogens with one attached hydrogen (secondary N) is 1. The lowest BCUT2D eigenvalue weighted by Gasteiger charge is -2.29. The number of rotatable bonds is 7. The predicted molar refractivity (Wildman–Crippen MR) is 121 cm³/mol. The molecular weight excluding hydrogens is 390 g/mol. The van der Waals surface area contributed by atoms with E-state index in [2.05, 4.69) is 16.3 Å². The maximum Gasteiger partial charge on any atom is 0.227 e. The molecule has 2 amide bonds. The minimum Gasteiger partial charge on any atom is -0.496 e. The smallest absolute Gasteiger partial charge is 0.227 e. The number of nitrogens with zero attached hydrogens (tertiary/aromatic N) is 2. The molecular formula is C25H31N3O3. The van der Waals surface area contributed by atoms with Crippen LogP contribution in [0.1, 0.15) is 36.4 Å². The maximum absolute atomic E-state index is 13.0. The van der Waals surface area contributed by atoms with Gasteiger partial charge in [-0.3, -0.25) is 14.5 Å². The van der Waals surface area contributed by atoms with E-state index in [0.29, 0.717) is 13.1 Å². The van der Waals surface area contributed by atoms with Crippen LogP contribution in [0.15, 0.2) is 48.5 Å². The minimum atomic E-state index is -0.328. The fraction of sp³-hybridized carbons (Fsp3) is 0.440. The van der Waals surface area contributed by atoms with Gasteiger partial charge in [0.05, 0.1) is 19.1 Å². The first-order valence-electron chi connectivity index (χ1n) is 11.1. The Balaban J connectivity index is 1.43. The Kier molecular flexibility index (Phi) is 6.56. The van der Waals surface area contributed by atoms with Crippen molar-refractivity contribution in [3.05, 3.63) is 59.7 Å². The van der Waals surface area contributed by atoms with Crippen molar-refractivity contribution < 1.29 is 14.3 Å². The van der Waals surface area contributed by atoms with E-state index in [0.717, 1.165) is 35.7 Å². The highest BCUT2D eigenvalue weighted by atomic mass is 16.5. The van der Waals surface area contributed by atoms with Crippen LogP contribution in [-0.2, 0) is 9.59 Å². The topological polar surface area (TPSA) is 61.9 Å². The number of anilines is 1. The number of likely N-dealkylation sites (tertiary alicyclic amines) is 1. The Bertz CT molecular complexity index is 922. The van der Waals surface area contributed by atoms with Crippen molar-refractivity contribution in [3.63, 3.8) is 0 Å². The van der Waals surface area contributed by atoms with Gasteiger partial charge in [-0.05, 0) is 51.1 Å². The highest BCUT2D eigenvalue weighted by Gasteiger charge is 2.36. The van der Waals surface area contributed by atoms with Gasteiger partial charge in [-0.1, -0.05) is 35.9 Å². The maximum atomic E-state index is 13.0. The van der Waals surface area contributed by atoms with Crippen LogP contribution in [0.2, 0.25) is 0 Å². The van der Waals surface area contributed by atoms with Gasteiger partial charge in [0.15, 0.2) is 0 Å². The lowest BCUT2D eigenvalue weighted by molar-refractivity contribution is -0.126. The van der Waals surface area contributed by atoms with Gasteiger partial charge in [-0.15, -0.1) is 0 Å². The van der Waals surface area contributed by atoms with Crippen molar-refractivity contribution >= 4 is 17.5 Å². The monoisotopic (exact) mass is 421 g/mol. The van der Waals surface area contributed by atoms with Crippen LogP contribution >= 0.6 is 0 Å². The van der Waals surface area contributed by atoms with E-state index >= 15 is 0 Å². The molecule has 2 atom stereocenters. The van der Waals surface area contributed by atoms with E-state index < -0.39 is 0 Å². The van der Waals surface area contributed by atoms with Crippen molar-refractivity contribution in [2.45, 2.75) is 32.2 Å². The van der Waals surface area contributed by atoms with E-state index in [-0.39, 0.29) is 30.2 Å². The zero-order valence-corrected chi connectivity index (χ0v) is 18.3. The van der Waals surface area contributed by atoms with Crippen molar-refractivity contribution in [1.29, 1.82) is 0 Å². The van der Waals surface area contributed by atoms with E-state index in [1.807, 2.05) is 49.4 Å². The number of hydrogen-bond donors (Lipinski definition) is 1. The summed E-state index contributed by atoms with van der Waals surface area (Å²) >= 11 is 0. The predicted octanol–water partition coefficient (Wildman–Crippen LogP) is 3.31. The lowest BCUT2D eigenvalue weighted by Crippen LogP contribution is -2.40. The van der Waals surface area contributed by atoms with Crippen molar-refractivity contribution in [1.82, 2.24) is 10.2 Å². The SMILES string of the molecule is COc1ccccc1C(CNC(=O)C1CC(=O)N(c2ccc(C)cc2)C1)N1CCCC1. The Morgan fingerprint density at radius 1 is 1.13 bits per heavy atom. The molecule has 0 aliphatic carbocycles. The second-order valence-electron chi connectivity index (χ2n) is 8.49. The number of methoxy groups -OCH3 is 1. The van der Waals surface area contributed by atoms with E-state index in [1.54, 1.807) is 12.0 Å². The quantitative estimate of drug-likeness (QED) is 0.745. The number of para-hydroxylation sites is 1. The Morgan fingerprint density at radius 2 is 1.84 bits per heavy atom. The van der Waals surface area contributed by atoms with E-state index in [4.69, 9.17) is 4.74 Å². The average molecular weight is 422 g/mol. The first kappa shape index (κ1) is 21.4. The van der Waals surface area contributed by atoms with Crippen molar-refractivity contribution in [2.75, 3.05) is 38.2 Å². The van der Waals surface area contributed by atoms with Crippen LogP contribution in [-0.4, -0.2) is 50.0 Å². The molecule has 2 fully saturated rings. The minimum absolute atomic E-state index is 0.00447. The first-order valence-corrected chi connectivity index (χ1v) is 11.1. The van der Waals surface area contributed by atoms with Gasteiger partial charge in [0, 0.05) is 30.8 Å². The normalized spacial score (nSPS) is 20.1. The number of carbonyl (C=O) groups excluding carboxylic acids is 2. The summed E-state index contributed by atoms with van der Waals surface area (Å²) in [5.74, 6) is 0.466. The number of hydrogen-bond acceptors (Lipinski definition) is 4. The fourth-order valence-corrected chi connectivity index (χ4v) is 4.63. The number of ether oxygens (including phenoxy) is 1. The average Bonchev–Trinajstić information content (AvgIpc) is 3.45. The van der Waals surface area contributed by atoms with E-state index in [9.17, 15) is 9.59 Å². The standard InChI is InChI=1S/C25H31N3O3/c1-18-9-11-20(12-10-18)28-17-19(15-24(28)29)25(30)26-16-22(27-13-5-6-14-27)21-7-3-4-8-23(21)31-2/h3-4,7-12,19,22H,5-6,13-17H2,1-2H3,(H,26,30). The van der Waals surface area contributed by atoms with E-state index in [1.165, 1.54) is 12.8 Å².